The molecular formula is C28H28O6. The highest BCUT2D eigenvalue weighted by atomic mass is 16.6. The molecule has 6 unspecified atom stereocenters. The summed E-state index contributed by atoms with van der Waals surface area (Å²) in [5.41, 5.74) is 1.54. The first-order chi connectivity index (χ1) is 16.6. The first kappa shape index (κ1) is 21.8. The van der Waals surface area contributed by atoms with Crippen molar-refractivity contribution >= 4 is 17.3 Å². The van der Waals surface area contributed by atoms with Gasteiger partial charge in [0, 0.05) is 40.4 Å². The average Bonchev–Trinajstić information content (AvgIpc) is 3.65. The molecule has 6 rings (SSSR count). The minimum absolute atomic E-state index is 0.0290. The van der Waals surface area contributed by atoms with Gasteiger partial charge in [-0.25, -0.2) is 0 Å². The van der Waals surface area contributed by atoms with Crippen LogP contribution in [-0.4, -0.2) is 55.5 Å². The van der Waals surface area contributed by atoms with Crippen molar-refractivity contribution in [2.24, 2.45) is 23.7 Å². The standard InChI is InChI=1S/C28H28O6/c29-26-16(10-19-13-32-19)4-1-7-22(26)25(23-8-2-5-17(27(23)30)11-20-14-33-20)24-9-3-6-18(28(24)31)12-21-15-34-21/h1-9,16-21,25H,10-15H2. The lowest BCUT2D eigenvalue weighted by molar-refractivity contribution is -0.119. The lowest BCUT2D eigenvalue weighted by Gasteiger charge is -2.31. The highest BCUT2D eigenvalue weighted by molar-refractivity contribution is 6.11. The molecule has 0 bridgehead atoms. The number of carbonyl (C=O) groups is 3. The van der Waals surface area contributed by atoms with E-state index < -0.39 is 5.92 Å². The summed E-state index contributed by atoms with van der Waals surface area (Å²) in [6, 6.07) is 0. The third-order valence-electron chi connectivity index (χ3n) is 7.41. The van der Waals surface area contributed by atoms with Crippen LogP contribution in [0.4, 0.5) is 0 Å². The number of rotatable bonds is 9. The Morgan fingerprint density at radius 1 is 0.588 bits per heavy atom. The lowest BCUT2D eigenvalue weighted by atomic mass is 9.69. The van der Waals surface area contributed by atoms with E-state index in [0.29, 0.717) is 55.8 Å². The summed E-state index contributed by atoms with van der Waals surface area (Å²) in [6.07, 6.45) is 18.9. The van der Waals surface area contributed by atoms with Crippen molar-refractivity contribution in [3.63, 3.8) is 0 Å². The zero-order valence-corrected chi connectivity index (χ0v) is 18.9. The zero-order chi connectivity index (χ0) is 23.2. The Balaban J connectivity index is 1.34. The monoisotopic (exact) mass is 460 g/mol. The van der Waals surface area contributed by atoms with Crippen LogP contribution < -0.4 is 0 Å². The molecule has 0 amide bonds. The molecule has 0 aromatic carbocycles. The van der Waals surface area contributed by atoms with Gasteiger partial charge in [0.2, 0.25) is 0 Å². The number of hydrogen-bond donors (Lipinski definition) is 0. The van der Waals surface area contributed by atoms with Crippen LogP contribution in [0.3, 0.4) is 0 Å². The minimum Gasteiger partial charge on any atom is -0.373 e. The number of Topliss-reactive ketones (excluding diaryl/α,β-unsaturated/α-hetero) is 3. The summed E-state index contributed by atoms with van der Waals surface area (Å²) in [4.78, 5) is 40.9. The van der Waals surface area contributed by atoms with Gasteiger partial charge in [0.15, 0.2) is 17.3 Å². The summed E-state index contributed by atoms with van der Waals surface area (Å²) >= 11 is 0. The molecule has 0 aromatic rings. The summed E-state index contributed by atoms with van der Waals surface area (Å²) in [5.74, 6) is -1.67. The molecule has 176 valence electrons. The van der Waals surface area contributed by atoms with Crippen molar-refractivity contribution in [3.05, 3.63) is 71.4 Å². The number of carbonyl (C=O) groups excluding carboxylic acids is 3. The Labute approximate surface area is 198 Å². The van der Waals surface area contributed by atoms with Crippen molar-refractivity contribution in [3.8, 4) is 0 Å². The molecule has 6 heteroatoms. The Bertz CT molecular complexity index is 952. The molecule has 3 aliphatic carbocycles. The number of allylic oxidation sites excluding steroid dienone is 12. The Hall–Kier alpha value is -2.67. The van der Waals surface area contributed by atoms with E-state index in [1.54, 1.807) is 18.2 Å². The van der Waals surface area contributed by atoms with Gasteiger partial charge in [-0.15, -0.1) is 0 Å². The molecule has 0 N–H and O–H groups in total. The van der Waals surface area contributed by atoms with Crippen LogP contribution in [0, 0.1) is 23.7 Å². The van der Waals surface area contributed by atoms with Crippen LogP contribution in [0.1, 0.15) is 19.3 Å². The van der Waals surface area contributed by atoms with E-state index in [4.69, 9.17) is 14.2 Å². The maximum absolute atomic E-state index is 13.6. The van der Waals surface area contributed by atoms with E-state index in [0.717, 1.165) is 0 Å². The fourth-order valence-corrected chi connectivity index (χ4v) is 5.27. The fourth-order valence-electron chi connectivity index (χ4n) is 5.27. The number of ether oxygens (including phenoxy) is 3. The van der Waals surface area contributed by atoms with Crippen molar-refractivity contribution in [1.29, 1.82) is 0 Å². The van der Waals surface area contributed by atoms with Crippen molar-refractivity contribution < 1.29 is 28.6 Å². The van der Waals surface area contributed by atoms with E-state index in [1.165, 1.54) is 0 Å². The molecular weight excluding hydrogens is 432 g/mol. The molecule has 3 saturated heterocycles. The second-order valence-electron chi connectivity index (χ2n) is 9.94. The maximum atomic E-state index is 13.6. The second kappa shape index (κ2) is 8.84. The molecule has 0 radical (unpaired) electrons. The van der Waals surface area contributed by atoms with Crippen LogP contribution in [0.5, 0.6) is 0 Å². The van der Waals surface area contributed by atoms with Crippen molar-refractivity contribution in [2.45, 2.75) is 37.6 Å². The van der Waals surface area contributed by atoms with Crippen molar-refractivity contribution in [2.75, 3.05) is 19.8 Å². The normalized spacial score (nSPS) is 36.7. The SMILES string of the molecule is O=C1C(C(C2=CC=CC(CC3CO3)C2=O)C2=CC=CC(CC3CO3)C2=O)=CC=CC1CC1CO1. The Kier molecular flexibility index (Phi) is 5.68. The summed E-state index contributed by atoms with van der Waals surface area (Å²) < 4.78 is 16.1. The highest BCUT2D eigenvalue weighted by Crippen LogP contribution is 2.41. The van der Waals surface area contributed by atoms with Gasteiger partial charge >= 0.3 is 0 Å². The maximum Gasteiger partial charge on any atom is 0.166 e. The van der Waals surface area contributed by atoms with Gasteiger partial charge in [-0.2, -0.15) is 0 Å². The van der Waals surface area contributed by atoms with E-state index in [2.05, 4.69) is 0 Å². The van der Waals surface area contributed by atoms with E-state index in [1.807, 2.05) is 36.5 Å². The first-order valence-electron chi connectivity index (χ1n) is 12.2. The third kappa shape index (κ3) is 4.50. The summed E-state index contributed by atoms with van der Waals surface area (Å²) in [5, 5.41) is 0. The number of epoxide rings is 3. The number of hydrogen-bond acceptors (Lipinski definition) is 6. The Morgan fingerprint density at radius 2 is 0.882 bits per heavy atom. The summed E-state index contributed by atoms with van der Waals surface area (Å²) in [7, 11) is 0. The smallest absolute Gasteiger partial charge is 0.166 e. The lowest BCUT2D eigenvalue weighted by Crippen LogP contribution is -2.34. The predicted octanol–water partition coefficient (Wildman–Crippen LogP) is 3.01. The van der Waals surface area contributed by atoms with E-state index in [-0.39, 0.29) is 53.4 Å². The van der Waals surface area contributed by atoms with Crippen LogP contribution in [0.2, 0.25) is 0 Å². The van der Waals surface area contributed by atoms with Gasteiger partial charge in [0.1, 0.15) is 0 Å². The predicted molar refractivity (Wildman–Crippen MR) is 124 cm³/mol. The first-order valence-corrected chi connectivity index (χ1v) is 12.2. The van der Waals surface area contributed by atoms with Gasteiger partial charge < -0.3 is 14.2 Å². The van der Waals surface area contributed by atoms with Gasteiger partial charge in [-0.1, -0.05) is 54.7 Å². The second-order valence-corrected chi connectivity index (χ2v) is 9.94. The molecule has 3 heterocycles. The largest absolute Gasteiger partial charge is 0.373 e. The van der Waals surface area contributed by atoms with E-state index in [9.17, 15) is 14.4 Å². The molecule has 0 spiro atoms. The fraction of sp³-hybridized carbons (Fsp3) is 0.464. The summed E-state index contributed by atoms with van der Waals surface area (Å²) in [6.45, 7) is 2.04. The zero-order valence-electron chi connectivity index (χ0n) is 18.9. The topological polar surface area (TPSA) is 88.8 Å². The highest BCUT2D eigenvalue weighted by Gasteiger charge is 2.43. The van der Waals surface area contributed by atoms with Gasteiger partial charge in [-0.3, -0.25) is 14.4 Å². The van der Waals surface area contributed by atoms with Gasteiger partial charge in [0.05, 0.1) is 38.1 Å². The molecule has 34 heavy (non-hydrogen) atoms. The Morgan fingerprint density at radius 3 is 1.15 bits per heavy atom. The molecule has 6 aliphatic rings. The molecule has 0 saturated carbocycles. The molecule has 3 aliphatic heterocycles. The quantitative estimate of drug-likeness (QED) is 0.492. The minimum atomic E-state index is -0.680. The van der Waals surface area contributed by atoms with Crippen LogP contribution in [0.15, 0.2) is 71.4 Å². The molecule has 6 nitrogen and oxygen atoms in total. The molecule has 0 aromatic heterocycles. The number of ketones is 3. The third-order valence-corrected chi connectivity index (χ3v) is 7.41. The van der Waals surface area contributed by atoms with Crippen LogP contribution >= 0.6 is 0 Å². The van der Waals surface area contributed by atoms with Crippen molar-refractivity contribution in [1.82, 2.24) is 0 Å². The van der Waals surface area contributed by atoms with Gasteiger partial charge in [0.25, 0.3) is 0 Å². The molecule has 6 atom stereocenters. The average molecular weight is 461 g/mol. The van der Waals surface area contributed by atoms with Crippen LogP contribution in [-0.2, 0) is 28.6 Å². The van der Waals surface area contributed by atoms with E-state index >= 15 is 0 Å². The van der Waals surface area contributed by atoms with Gasteiger partial charge in [-0.05, 0) is 19.3 Å². The molecule has 3 fully saturated rings. The van der Waals surface area contributed by atoms with Crippen LogP contribution in [0.25, 0.3) is 0 Å².